The van der Waals surface area contributed by atoms with E-state index in [2.05, 4.69) is 24.8 Å². The minimum atomic E-state index is -4.86. The normalized spacial score (nSPS) is 24.6. The fraction of sp³-hybridized carbons (Fsp3) is 0.500. The predicted octanol–water partition coefficient (Wildman–Crippen LogP) is 0.0612. The Balaban J connectivity index is 1.92. The number of ether oxygens (including phenoxy) is 2. The molecule has 1 saturated heterocycles. The number of rotatable bonds is 6. The summed E-state index contributed by atoms with van der Waals surface area (Å²) < 4.78 is 42.0. The molecule has 1 fully saturated rings. The number of halogens is 1. The molecule has 158 valence electrons. The lowest BCUT2D eigenvalue weighted by molar-refractivity contribution is -0.152. The number of carbonyl (C=O) groups excluding carboxylic acids is 2. The van der Waals surface area contributed by atoms with Crippen molar-refractivity contribution in [2.75, 3.05) is 11.9 Å². The van der Waals surface area contributed by atoms with Crippen LogP contribution in [-0.2, 0) is 28.2 Å². The molecule has 0 aromatic carbocycles. The van der Waals surface area contributed by atoms with Crippen LogP contribution in [0.15, 0.2) is 12.7 Å². The zero-order valence-corrected chi connectivity index (χ0v) is 16.0. The maximum Gasteiger partial charge on any atom is 0.469 e. The average Bonchev–Trinajstić information content (AvgIpc) is 3.15. The maximum absolute atomic E-state index is 15.1. The molecule has 0 bridgehead atoms. The van der Waals surface area contributed by atoms with Gasteiger partial charge in [-0.1, -0.05) is 0 Å². The van der Waals surface area contributed by atoms with Crippen LogP contribution < -0.4 is 5.32 Å². The van der Waals surface area contributed by atoms with E-state index in [1.807, 2.05) is 0 Å². The molecule has 0 radical (unpaired) electrons. The van der Waals surface area contributed by atoms with Crippen molar-refractivity contribution in [1.29, 1.82) is 0 Å². The predicted molar refractivity (Wildman–Crippen MR) is 92.0 cm³/mol. The molecule has 29 heavy (non-hydrogen) atoms. The first kappa shape index (κ1) is 21.2. The van der Waals surface area contributed by atoms with Crippen molar-refractivity contribution in [1.82, 2.24) is 19.5 Å². The van der Waals surface area contributed by atoms with Crippen LogP contribution in [0.5, 0.6) is 0 Å². The van der Waals surface area contributed by atoms with Gasteiger partial charge in [0.15, 0.2) is 35.5 Å². The van der Waals surface area contributed by atoms with E-state index in [9.17, 15) is 14.2 Å². The lowest BCUT2D eigenvalue weighted by atomic mass is 10.1. The fourth-order valence-corrected chi connectivity index (χ4v) is 3.19. The van der Waals surface area contributed by atoms with Gasteiger partial charge in [0.1, 0.15) is 12.4 Å². The van der Waals surface area contributed by atoms with Crippen molar-refractivity contribution < 1.29 is 42.3 Å². The number of nitrogens with one attached hydrogen (secondary N) is 1. The summed E-state index contributed by atoms with van der Waals surface area (Å²) >= 11 is 0. The van der Waals surface area contributed by atoms with Gasteiger partial charge < -0.3 is 24.6 Å². The summed E-state index contributed by atoms with van der Waals surface area (Å²) in [6.45, 7) is 1.61. The summed E-state index contributed by atoms with van der Waals surface area (Å²) in [7, 11) is -4.86. The first-order valence-electron chi connectivity index (χ1n) is 8.19. The summed E-state index contributed by atoms with van der Waals surface area (Å²) in [4.78, 5) is 52.3. The highest BCUT2D eigenvalue weighted by Crippen LogP contribution is 2.40. The third-order valence-electron chi connectivity index (χ3n) is 3.90. The van der Waals surface area contributed by atoms with Crippen LogP contribution in [-0.4, -0.2) is 66.2 Å². The van der Waals surface area contributed by atoms with E-state index in [1.165, 1.54) is 17.8 Å². The van der Waals surface area contributed by atoms with Crippen molar-refractivity contribution in [2.45, 2.75) is 38.5 Å². The largest absolute Gasteiger partial charge is 0.469 e. The third-order valence-corrected chi connectivity index (χ3v) is 4.39. The summed E-state index contributed by atoms with van der Waals surface area (Å²) in [5, 5.41) is 2.47. The molecule has 1 aliphatic heterocycles. The molecule has 1 amide bonds. The van der Waals surface area contributed by atoms with E-state index in [0.29, 0.717) is 0 Å². The Hall–Kier alpha value is -2.51. The van der Waals surface area contributed by atoms with Crippen LogP contribution in [0.3, 0.4) is 0 Å². The molecule has 3 rings (SSSR count). The van der Waals surface area contributed by atoms with Crippen LogP contribution in [0.1, 0.15) is 20.1 Å². The highest BCUT2D eigenvalue weighted by Gasteiger charge is 2.49. The average molecular weight is 433 g/mol. The number of carbonyl (C=O) groups is 2. The summed E-state index contributed by atoms with van der Waals surface area (Å²) in [6.07, 6.45) is -3.79. The van der Waals surface area contributed by atoms with Gasteiger partial charge in [0, 0.05) is 13.8 Å². The second-order valence-corrected chi connectivity index (χ2v) is 7.34. The molecule has 3 heterocycles. The number of anilines is 1. The second-order valence-electron chi connectivity index (χ2n) is 6.10. The molecule has 0 spiro atoms. The second kappa shape index (κ2) is 8.08. The minimum Gasteiger partial charge on any atom is -0.456 e. The number of phosphoric ester groups is 1. The zero-order chi connectivity index (χ0) is 21.3. The molecule has 15 heteroatoms. The van der Waals surface area contributed by atoms with Crippen LogP contribution in [0.25, 0.3) is 11.2 Å². The molecule has 0 aliphatic carbocycles. The van der Waals surface area contributed by atoms with Crippen LogP contribution >= 0.6 is 7.82 Å². The lowest BCUT2D eigenvalue weighted by Gasteiger charge is -2.18. The maximum atomic E-state index is 15.1. The molecular formula is C14H17FN5O8P. The van der Waals surface area contributed by atoms with Crippen molar-refractivity contribution in [3.05, 3.63) is 12.7 Å². The Kier molecular flexibility index (Phi) is 5.91. The molecule has 13 nitrogen and oxygen atoms in total. The van der Waals surface area contributed by atoms with E-state index in [4.69, 9.17) is 19.3 Å². The van der Waals surface area contributed by atoms with Gasteiger partial charge in [-0.2, -0.15) is 0 Å². The number of imidazole rings is 1. The Labute approximate surface area is 162 Å². The third kappa shape index (κ3) is 4.74. The van der Waals surface area contributed by atoms with Gasteiger partial charge in [0.2, 0.25) is 5.91 Å². The molecule has 4 atom stereocenters. The Morgan fingerprint density at radius 3 is 2.69 bits per heavy atom. The number of aromatic nitrogens is 4. The minimum absolute atomic E-state index is 0.104. The van der Waals surface area contributed by atoms with Gasteiger partial charge in [0.05, 0.1) is 12.9 Å². The van der Waals surface area contributed by atoms with Crippen LogP contribution in [0.4, 0.5) is 10.2 Å². The zero-order valence-electron chi connectivity index (χ0n) is 15.1. The number of alkyl halides is 1. The molecule has 3 N–H and O–H groups in total. The number of nitrogens with zero attached hydrogens (tertiary/aromatic N) is 4. The van der Waals surface area contributed by atoms with E-state index in [-0.39, 0.29) is 17.0 Å². The molecular weight excluding hydrogens is 416 g/mol. The smallest absolute Gasteiger partial charge is 0.456 e. The van der Waals surface area contributed by atoms with Crippen molar-refractivity contribution in [3.8, 4) is 0 Å². The van der Waals surface area contributed by atoms with E-state index < -0.39 is 50.9 Å². The van der Waals surface area contributed by atoms with E-state index >= 15 is 4.39 Å². The Morgan fingerprint density at radius 1 is 1.34 bits per heavy atom. The number of phosphoric acid groups is 1. The topological polar surface area (TPSA) is 175 Å². The molecule has 0 saturated carbocycles. The first-order valence-corrected chi connectivity index (χ1v) is 9.72. The number of amides is 1. The van der Waals surface area contributed by atoms with Crippen LogP contribution in [0, 0.1) is 0 Å². The number of esters is 1. The van der Waals surface area contributed by atoms with Gasteiger partial charge in [-0.25, -0.2) is 23.9 Å². The van der Waals surface area contributed by atoms with Gasteiger partial charge in [-0.05, 0) is 0 Å². The summed E-state index contributed by atoms with van der Waals surface area (Å²) in [5.74, 6) is -1.11. The summed E-state index contributed by atoms with van der Waals surface area (Å²) in [5.41, 5.74) is 0.284. The monoisotopic (exact) mass is 433 g/mol. The van der Waals surface area contributed by atoms with Crippen LogP contribution in [0.2, 0.25) is 0 Å². The summed E-state index contributed by atoms with van der Waals surface area (Å²) in [6, 6.07) is 0. The SMILES string of the molecule is CC(=O)Nc1ncnc2c1ncn2[C@@H]1O[C@H](COP(=O)(O)O)[C@H](OC(C)=O)[C@@H]1F. The number of hydrogen-bond donors (Lipinski definition) is 3. The van der Waals surface area contributed by atoms with Gasteiger partial charge in [-0.15, -0.1) is 0 Å². The van der Waals surface area contributed by atoms with Gasteiger partial charge >= 0.3 is 13.8 Å². The molecule has 2 aromatic heterocycles. The first-order chi connectivity index (χ1) is 13.6. The van der Waals surface area contributed by atoms with Gasteiger partial charge in [-0.3, -0.25) is 18.7 Å². The molecule has 0 unspecified atom stereocenters. The fourth-order valence-electron chi connectivity index (χ4n) is 2.85. The van der Waals surface area contributed by atoms with Crippen molar-refractivity contribution >= 4 is 36.7 Å². The Bertz CT molecular complexity index is 980. The quantitative estimate of drug-likeness (QED) is 0.415. The molecule has 2 aromatic rings. The highest BCUT2D eigenvalue weighted by atomic mass is 31.2. The standard InChI is InChI=1S/C14H17FN5O8P/c1-6(21)19-12-10-13(17-4-16-12)20(5-18-10)14-9(15)11(27-7(2)22)8(28-14)3-26-29(23,24)25/h4-5,8-9,11,14H,3H2,1-2H3,(H2,23,24,25)(H,16,17,19,21)/t8-,9+,11+,14-/m1/s1. The lowest BCUT2D eigenvalue weighted by Crippen LogP contribution is -2.35. The van der Waals surface area contributed by atoms with Gasteiger partial charge in [0.25, 0.3) is 0 Å². The number of fused-ring (bicyclic) bond motifs is 1. The van der Waals surface area contributed by atoms with E-state index in [0.717, 1.165) is 13.3 Å². The number of hydrogen-bond acceptors (Lipinski definition) is 9. The van der Waals surface area contributed by atoms with Crippen molar-refractivity contribution in [3.63, 3.8) is 0 Å². The molecule has 1 aliphatic rings. The Morgan fingerprint density at radius 2 is 2.07 bits per heavy atom. The van der Waals surface area contributed by atoms with E-state index in [1.54, 1.807) is 0 Å². The van der Waals surface area contributed by atoms with Crippen molar-refractivity contribution in [2.24, 2.45) is 0 Å². The highest BCUT2D eigenvalue weighted by molar-refractivity contribution is 7.46.